The predicted molar refractivity (Wildman–Crippen MR) is 64.2 cm³/mol. The van der Waals surface area contributed by atoms with Crippen LogP contribution in [0.2, 0.25) is 0 Å². The molecular formula is C12H21N3O2. The van der Waals surface area contributed by atoms with Gasteiger partial charge < -0.3 is 15.0 Å². The highest BCUT2D eigenvalue weighted by molar-refractivity contribution is 5.05. The molecule has 1 heterocycles. The Morgan fingerprint density at radius 2 is 2.41 bits per heavy atom. The molecule has 1 atom stereocenters. The van der Waals surface area contributed by atoms with Crippen LogP contribution in [-0.2, 0) is 17.9 Å². The molecule has 0 radical (unpaired) electrons. The monoisotopic (exact) mass is 239 g/mol. The fraction of sp³-hybridized carbons (Fsp3) is 0.750. The summed E-state index contributed by atoms with van der Waals surface area (Å²) in [5.41, 5.74) is 6.76. The largest absolute Gasteiger partial charge is 0.377 e. The molecule has 5 nitrogen and oxygen atoms in total. The lowest BCUT2D eigenvalue weighted by molar-refractivity contribution is 0.155. The second-order valence-corrected chi connectivity index (χ2v) is 4.77. The molecule has 0 bridgehead atoms. The Kier molecular flexibility index (Phi) is 4.15. The second-order valence-electron chi connectivity index (χ2n) is 4.77. The summed E-state index contributed by atoms with van der Waals surface area (Å²) in [7, 11) is 3.74. The van der Waals surface area contributed by atoms with Gasteiger partial charge in [-0.15, -0.1) is 0 Å². The number of ether oxygens (including phenoxy) is 1. The smallest absolute Gasteiger partial charge is 0.162 e. The van der Waals surface area contributed by atoms with E-state index in [4.69, 9.17) is 15.0 Å². The summed E-state index contributed by atoms with van der Waals surface area (Å²) in [6, 6.07) is 2.41. The SMILES string of the molecule is COCc1cc(CN(C)C(CN)C2CC2)no1. The van der Waals surface area contributed by atoms with Gasteiger partial charge in [0.1, 0.15) is 6.61 Å². The van der Waals surface area contributed by atoms with E-state index >= 15 is 0 Å². The van der Waals surface area contributed by atoms with E-state index in [-0.39, 0.29) is 0 Å². The lowest BCUT2D eigenvalue weighted by Crippen LogP contribution is -2.39. The Hall–Kier alpha value is -0.910. The van der Waals surface area contributed by atoms with Gasteiger partial charge in [0.2, 0.25) is 0 Å². The van der Waals surface area contributed by atoms with Crippen LogP contribution < -0.4 is 5.73 Å². The summed E-state index contributed by atoms with van der Waals surface area (Å²) >= 11 is 0. The highest BCUT2D eigenvalue weighted by Gasteiger charge is 2.32. The third kappa shape index (κ3) is 3.28. The van der Waals surface area contributed by atoms with Crippen LogP contribution in [0.4, 0.5) is 0 Å². The molecule has 1 aromatic rings. The number of nitrogens with zero attached hydrogens (tertiary/aromatic N) is 2. The van der Waals surface area contributed by atoms with Gasteiger partial charge in [0.05, 0.1) is 5.69 Å². The van der Waals surface area contributed by atoms with Crippen molar-refractivity contribution < 1.29 is 9.26 Å². The van der Waals surface area contributed by atoms with Gasteiger partial charge in [0.15, 0.2) is 5.76 Å². The van der Waals surface area contributed by atoms with Crippen molar-refractivity contribution in [3.63, 3.8) is 0 Å². The molecule has 0 aromatic carbocycles. The molecule has 1 fully saturated rings. The summed E-state index contributed by atoms with van der Waals surface area (Å²) in [5, 5.41) is 4.03. The van der Waals surface area contributed by atoms with Crippen LogP contribution in [-0.4, -0.2) is 36.8 Å². The number of hydrogen-bond acceptors (Lipinski definition) is 5. The maximum absolute atomic E-state index is 5.82. The molecule has 1 aliphatic carbocycles. The molecular weight excluding hydrogens is 218 g/mol. The minimum Gasteiger partial charge on any atom is -0.377 e. The fourth-order valence-corrected chi connectivity index (χ4v) is 2.23. The summed E-state index contributed by atoms with van der Waals surface area (Å²) in [6.45, 7) is 1.97. The zero-order chi connectivity index (χ0) is 12.3. The molecule has 1 aliphatic rings. The maximum Gasteiger partial charge on any atom is 0.162 e. The molecule has 0 spiro atoms. The number of likely N-dealkylation sites (N-methyl/N-ethyl adjacent to an activating group) is 1. The third-order valence-corrected chi connectivity index (χ3v) is 3.28. The molecule has 1 unspecified atom stereocenters. The molecule has 0 amide bonds. The maximum atomic E-state index is 5.82. The quantitative estimate of drug-likeness (QED) is 0.768. The first-order valence-corrected chi connectivity index (χ1v) is 6.08. The highest BCUT2D eigenvalue weighted by Crippen LogP contribution is 2.34. The van der Waals surface area contributed by atoms with Crippen molar-refractivity contribution in [3.8, 4) is 0 Å². The van der Waals surface area contributed by atoms with Crippen LogP contribution in [0.5, 0.6) is 0 Å². The van der Waals surface area contributed by atoms with E-state index in [1.807, 2.05) is 6.07 Å². The van der Waals surface area contributed by atoms with Crippen LogP contribution in [0, 0.1) is 5.92 Å². The first kappa shape index (κ1) is 12.5. The Bertz CT molecular complexity index is 349. The Morgan fingerprint density at radius 1 is 1.65 bits per heavy atom. The molecule has 2 rings (SSSR count). The van der Waals surface area contributed by atoms with Crippen molar-refractivity contribution in [2.24, 2.45) is 11.7 Å². The molecule has 17 heavy (non-hydrogen) atoms. The first-order valence-electron chi connectivity index (χ1n) is 6.08. The molecule has 0 saturated heterocycles. The van der Waals surface area contributed by atoms with Crippen molar-refractivity contribution >= 4 is 0 Å². The summed E-state index contributed by atoms with van der Waals surface area (Å²) in [6.07, 6.45) is 2.61. The Morgan fingerprint density at radius 3 is 3.00 bits per heavy atom. The summed E-state index contributed by atoms with van der Waals surface area (Å²) in [4.78, 5) is 2.27. The van der Waals surface area contributed by atoms with Gasteiger partial charge in [0, 0.05) is 32.3 Å². The molecule has 0 aliphatic heterocycles. The molecule has 96 valence electrons. The number of aromatic nitrogens is 1. The summed E-state index contributed by atoms with van der Waals surface area (Å²) < 4.78 is 10.2. The minimum atomic E-state index is 0.470. The van der Waals surface area contributed by atoms with Crippen molar-refractivity contribution in [1.82, 2.24) is 10.1 Å². The first-order chi connectivity index (χ1) is 8.24. The molecule has 1 aromatic heterocycles. The molecule has 5 heteroatoms. The van der Waals surface area contributed by atoms with E-state index in [0.29, 0.717) is 19.2 Å². The van der Waals surface area contributed by atoms with E-state index in [0.717, 1.165) is 23.9 Å². The minimum absolute atomic E-state index is 0.470. The second kappa shape index (κ2) is 5.62. The van der Waals surface area contributed by atoms with Crippen molar-refractivity contribution in [3.05, 3.63) is 17.5 Å². The molecule has 1 saturated carbocycles. The number of nitrogens with two attached hydrogens (primary N) is 1. The van der Waals surface area contributed by atoms with Gasteiger partial charge in [-0.3, -0.25) is 4.90 Å². The van der Waals surface area contributed by atoms with Crippen molar-refractivity contribution in [2.75, 3.05) is 20.7 Å². The van der Waals surface area contributed by atoms with Crippen LogP contribution >= 0.6 is 0 Å². The topological polar surface area (TPSA) is 64.5 Å². The fourth-order valence-electron chi connectivity index (χ4n) is 2.23. The Balaban J connectivity index is 1.89. The molecule has 2 N–H and O–H groups in total. The van der Waals surface area contributed by atoms with Crippen LogP contribution in [0.25, 0.3) is 0 Å². The van der Waals surface area contributed by atoms with Crippen LogP contribution in [0.15, 0.2) is 10.6 Å². The lowest BCUT2D eigenvalue weighted by Gasteiger charge is -2.25. The average molecular weight is 239 g/mol. The van der Waals surface area contributed by atoms with E-state index in [1.54, 1.807) is 7.11 Å². The average Bonchev–Trinajstić information content (AvgIpc) is 3.03. The number of rotatable bonds is 7. The van der Waals surface area contributed by atoms with Crippen molar-refractivity contribution in [1.29, 1.82) is 0 Å². The lowest BCUT2D eigenvalue weighted by atomic mass is 10.1. The van der Waals surface area contributed by atoms with Gasteiger partial charge in [-0.25, -0.2) is 0 Å². The van der Waals surface area contributed by atoms with Gasteiger partial charge in [0.25, 0.3) is 0 Å². The zero-order valence-electron chi connectivity index (χ0n) is 10.6. The Labute approximate surface area is 102 Å². The van der Waals surface area contributed by atoms with Gasteiger partial charge in [-0.2, -0.15) is 0 Å². The van der Waals surface area contributed by atoms with Gasteiger partial charge >= 0.3 is 0 Å². The van der Waals surface area contributed by atoms with Gasteiger partial charge in [-0.1, -0.05) is 5.16 Å². The van der Waals surface area contributed by atoms with Crippen LogP contribution in [0.1, 0.15) is 24.3 Å². The number of hydrogen-bond donors (Lipinski definition) is 1. The number of methoxy groups -OCH3 is 1. The van der Waals surface area contributed by atoms with Gasteiger partial charge in [-0.05, 0) is 25.8 Å². The third-order valence-electron chi connectivity index (χ3n) is 3.28. The van der Waals surface area contributed by atoms with Crippen molar-refractivity contribution in [2.45, 2.75) is 32.0 Å². The normalized spacial score (nSPS) is 17.6. The van der Waals surface area contributed by atoms with E-state index in [2.05, 4.69) is 17.1 Å². The highest BCUT2D eigenvalue weighted by atomic mass is 16.5. The predicted octanol–water partition coefficient (Wildman–Crippen LogP) is 0.990. The standard InChI is InChI=1S/C12H21N3O2/c1-15(12(6-13)9-3-4-9)7-10-5-11(8-16-2)17-14-10/h5,9,12H,3-4,6-8,13H2,1-2H3. The summed E-state index contributed by atoms with van der Waals surface area (Å²) in [5.74, 6) is 1.54. The van der Waals surface area contributed by atoms with E-state index in [1.165, 1.54) is 12.8 Å². The van der Waals surface area contributed by atoms with E-state index < -0.39 is 0 Å². The van der Waals surface area contributed by atoms with Crippen LogP contribution in [0.3, 0.4) is 0 Å². The van der Waals surface area contributed by atoms with E-state index in [9.17, 15) is 0 Å². The zero-order valence-corrected chi connectivity index (χ0v) is 10.6.